The Kier molecular flexibility index (Phi) is 5.41. The van der Waals surface area contributed by atoms with Gasteiger partial charge in [0.15, 0.2) is 0 Å². The lowest BCUT2D eigenvalue weighted by Crippen LogP contribution is -2.47. The predicted octanol–water partition coefficient (Wildman–Crippen LogP) is 2.06. The van der Waals surface area contributed by atoms with E-state index in [0.717, 1.165) is 38.2 Å². The van der Waals surface area contributed by atoms with Gasteiger partial charge in [-0.2, -0.15) is 0 Å². The highest BCUT2D eigenvalue weighted by atomic mass is 16.5. The van der Waals surface area contributed by atoms with E-state index in [1.165, 1.54) is 5.56 Å². The van der Waals surface area contributed by atoms with Crippen LogP contribution in [0.1, 0.15) is 37.7 Å². The fourth-order valence-electron chi connectivity index (χ4n) is 2.74. The normalized spacial score (nSPS) is 22.3. The number of benzene rings is 1. The molecule has 1 aliphatic rings. The molecule has 2 N–H and O–H groups in total. The van der Waals surface area contributed by atoms with Crippen LogP contribution in [0.3, 0.4) is 0 Å². The van der Waals surface area contributed by atoms with Crippen LogP contribution in [0, 0.1) is 0 Å². The predicted molar refractivity (Wildman–Crippen MR) is 80.1 cm³/mol. The van der Waals surface area contributed by atoms with Crippen molar-refractivity contribution in [3.05, 3.63) is 29.8 Å². The molecule has 0 radical (unpaired) electrons. The van der Waals surface area contributed by atoms with Crippen molar-refractivity contribution in [2.75, 3.05) is 20.2 Å². The number of ether oxygens (including phenoxy) is 1. The molecule has 1 aromatic rings. The summed E-state index contributed by atoms with van der Waals surface area (Å²) in [7, 11) is 1.69. The first-order chi connectivity index (χ1) is 9.76. The summed E-state index contributed by atoms with van der Waals surface area (Å²) in [5.41, 5.74) is 1.23. The van der Waals surface area contributed by atoms with Gasteiger partial charge < -0.3 is 15.4 Å². The molecule has 2 rings (SSSR count). The molecule has 4 nitrogen and oxygen atoms in total. The summed E-state index contributed by atoms with van der Waals surface area (Å²) < 4.78 is 5.84. The Morgan fingerprint density at radius 2 is 2.25 bits per heavy atom. The van der Waals surface area contributed by atoms with E-state index in [0.29, 0.717) is 5.92 Å². The first-order valence-electron chi connectivity index (χ1n) is 7.43. The number of hydrogen-bond donors (Lipinski definition) is 2. The van der Waals surface area contributed by atoms with Gasteiger partial charge in [-0.05, 0) is 43.4 Å². The Labute approximate surface area is 120 Å². The molecule has 1 amide bonds. The maximum Gasteiger partial charge on any atom is 0.236 e. The van der Waals surface area contributed by atoms with Crippen molar-refractivity contribution in [1.82, 2.24) is 10.6 Å². The van der Waals surface area contributed by atoms with Crippen LogP contribution >= 0.6 is 0 Å². The van der Waals surface area contributed by atoms with Gasteiger partial charge in [-0.1, -0.05) is 25.1 Å². The quantitative estimate of drug-likeness (QED) is 0.865. The van der Waals surface area contributed by atoms with Crippen LogP contribution in [0.25, 0.3) is 0 Å². The molecule has 0 aliphatic carbocycles. The van der Waals surface area contributed by atoms with E-state index in [4.69, 9.17) is 4.74 Å². The summed E-state index contributed by atoms with van der Waals surface area (Å²) >= 11 is 0. The summed E-state index contributed by atoms with van der Waals surface area (Å²) in [5, 5.41) is 6.00. The van der Waals surface area contributed by atoms with Crippen LogP contribution in [-0.2, 0) is 4.79 Å². The number of hydrogen-bond acceptors (Lipinski definition) is 3. The van der Waals surface area contributed by atoms with Crippen molar-refractivity contribution in [3.8, 4) is 5.75 Å². The zero-order valence-electron chi connectivity index (χ0n) is 12.3. The zero-order chi connectivity index (χ0) is 14.4. The fraction of sp³-hybridized carbons (Fsp3) is 0.562. The summed E-state index contributed by atoms with van der Waals surface area (Å²) in [6.45, 7) is 3.71. The third-order valence-corrected chi connectivity index (χ3v) is 3.79. The van der Waals surface area contributed by atoms with Crippen molar-refractivity contribution in [2.24, 2.45) is 0 Å². The van der Waals surface area contributed by atoms with E-state index in [2.05, 4.69) is 23.6 Å². The molecule has 0 bridgehead atoms. The number of carbonyl (C=O) groups excluding carboxylic acids is 1. The van der Waals surface area contributed by atoms with Gasteiger partial charge in [0.25, 0.3) is 0 Å². The van der Waals surface area contributed by atoms with E-state index in [-0.39, 0.29) is 11.9 Å². The lowest BCUT2D eigenvalue weighted by Gasteiger charge is -2.30. The minimum absolute atomic E-state index is 0.0710. The summed E-state index contributed by atoms with van der Waals surface area (Å²) in [6.07, 6.45) is 2.87. The molecule has 1 aliphatic heterocycles. The highest BCUT2D eigenvalue weighted by molar-refractivity contribution is 5.81. The maximum atomic E-state index is 11.8. The van der Waals surface area contributed by atoms with Gasteiger partial charge in [0.2, 0.25) is 5.91 Å². The molecule has 1 aromatic carbocycles. The van der Waals surface area contributed by atoms with E-state index in [1.807, 2.05) is 18.2 Å². The number of nitrogens with one attached hydrogen (secondary N) is 2. The highest BCUT2D eigenvalue weighted by Gasteiger charge is 2.28. The van der Waals surface area contributed by atoms with Crippen LogP contribution in [0.4, 0.5) is 0 Å². The second-order valence-corrected chi connectivity index (χ2v) is 5.23. The Bertz CT molecular complexity index is 448. The molecule has 1 saturated heterocycles. The van der Waals surface area contributed by atoms with Crippen molar-refractivity contribution in [3.63, 3.8) is 0 Å². The van der Waals surface area contributed by atoms with E-state index in [1.54, 1.807) is 7.05 Å². The molecule has 0 saturated carbocycles. The van der Waals surface area contributed by atoms with Crippen molar-refractivity contribution >= 4 is 5.91 Å². The minimum atomic E-state index is -0.0991. The number of likely N-dealkylation sites (N-methyl/N-ethyl adjacent to an activating group) is 1. The lowest BCUT2D eigenvalue weighted by atomic mass is 9.85. The second-order valence-electron chi connectivity index (χ2n) is 5.23. The van der Waals surface area contributed by atoms with Crippen LogP contribution in [0.15, 0.2) is 24.3 Å². The third-order valence-electron chi connectivity index (χ3n) is 3.79. The Morgan fingerprint density at radius 1 is 1.45 bits per heavy atom. The topological polar surface area (TPSA) is 50.4 Å². The van der Waals surface area contributed by atoms with Gasteiger partial charge in [-0.15, -0.1) is 0 Å². The standard InChI is InChI=1S/C16H24N2O2/c1-3-10-20-15-7-5-4-6-13(15)12-8-9-18-14(11-12)16(19)17-2/h4-7,12,14,18H,3,8-11H2,1-2H3,(H,17,19). The number of amides is 1. The average Bonchev–Trinajstić information content (AvgIpc) is 2.52. The van der Waals surface area contributed by atoms with Gasteiger partial charge in [-0.25, -0.2) is 0 Å². The fourth-order valence-corrected chi connectivity index (χ4v) is 2.74. The van der Waals surface area contributed by atoms with Crippen LogP contribution < -0.4 is 15.4 Å². The van der Waals surface area contributed by atoms with Gasteiger partial charge in [0, 0.05) is 7.05 Å². The molecule has 20 heavy (non-hydrogen) atoms. The summed E-state index contributed by atoms with van der Waals surface area (Å²) in [4.78, 5) is 11.8. The van der Waals surface area contributed by atoms with Crippen molar-refractivity contribution in [1.29, 1.82) is 0 Å². The van der Waals surface area contributed by atoms with Crippen molar-refractivity contribution < 1.29 is 9.53 Å². The molecule has 2 unspecified atom stereocenters. The average molecular weight is 276 g/mol. The van der Waals surface area contributed by atoms with Gasteiger partial charge in [0.05, 0.1) is 12.6 Å². The summed E-state index contributed by atoms with van der Waals surface area (Å²) in [6, 6.07) is 8.11. The highest BCUT2D eigenvalue weighted by Crippen LogP contribution is 2.34. The van der Waals surface area contributed by atoms with Gasteiger partial charge in [-0.3, -0.25) is 4.79 Å². The molecule has 4 heteroatoms. The molecule has 0 spiro atoms. The Morgan fingerprint density at radius 3 is 3.00 bits per heavy atom. The molecular formula is C16H24N2O2. The number of rotatable bonds is 5. The van der Waals surface area contributed by atoms with Gasteiger partial charge >= 0.3 is 0 Å². The second kappa shape index (κ2) is 7.29. The van der Waals surface area contributed by atoms with E-state index < -0.39 is 0 Å². The minimum Gasteiger partial charge on any atom is -0.493 e. The first-order valence-corrected chi connectivity index (χ1v) is 7.43. The Balaban J connectivity index is 2.12. The van der Waals surface area contributed by atoms with Crippen molar-refractivity contribution in [2.45, 2.75) is 38.1 Å². The SMILES string of the molecule is CCCOc1ccccc1C1CCNC(C(=O)NC)C1. The zero-order valence-corrected chi connectivity index (χ0v) is 12.3. The maximum absolute atomic E-state index is 11.8. The van der Waals surface area contributed by atoms with Crippen LogP contribution in [0.5, 0.6) is 5.75 Å². The van der Waals surface area contributed by atoms with Gasteiger partial charge in [0.1, 0.15) is 5.75 Å². The first kappa shape index (κ1) is 14.9. The van der Waals surface area contributed by atoms with Crippen LogP contribution in [-0.4, -0.2) is 32.1 Å². The molecule has 1 heterocycles. The number of piperidine rings is 1. The lowest BCUT2D eigenvalue weighted by molar-refractivity contribution is -0.123. The van der Waals surface area contributed by atoms with Crippen LogP contribution in [0.2, 0.25) is 0 Å². The molecule has 2 atom stereocenters. The molecule has 1 fully saturated rings. The third kappa shape index (κ3) is 3.51. The Hall–Kier alpha value is -1.55. The monoisotopic (exact) mass is 276 g/mol. The molecular weight excluding hydrogens is 252 g/mol. The summed E-state index contributed by atoms with van der Waals surface area (Å²) in [5.74, 6) is 1.42. The number of carbonyl (C=O) groups is 1. The molecule has 110 valence electrons. The van der Waals surface area contributed by atoms with E-state index in [9.17, 15) is 4.79 Å². The molecule has 0 aromatic heterocycles. The number of para-hydroxylation sites is 1. The largest absolute Gasteiger partial charge is 0.493 e. The van der Waals surface area contributed by atoms with E-state index >= 15 is 0 Å². The smallest absolute Gasteiger partial charge is 0.236 e.